The molecule has 0 unspecified atom stereocenters. The minimum atomic E-state index is -0.349. The van der Waals surface area contributed by atoms with E-state index in [1.54, 1.807) is 36.3 Å². The average molecular weight is 357 g/mol. The van der Waals surface area contributed by atoms with E-state index >= 15 is 0 Å². The lowest BCUT2D eigenvalue weighted by molar-refractivity contribution is 0.196. The number of halogens is 2. The lowest BCUT2D eigenvalue weighted by Crippen LogP contribution is -2.29. The molecule has 2 N–H and O–H groups in total. The fourth-order valence-corrected chi connectivity index (χ4v) is 2.40. The smallest absolute Gasteiger partial charge is 0.170 e. The van der Waals surface area contributed by atoms with Gasteiger partial charge in [-0.05, 0) is 30.8 Å². The van der Waals surface area contributed by atoms with Crippen molar-refractivity contribution in [3.63, 3.8) is 0 Å². The molecule has 1 aromatic carbocycles. The molecule has 0 aliphatic rings. The van der Waals surface area contributed by atoms with Gasteiger partial charge in [-0.15, -0.1) is 0 Å². The molecule has 124 valence electrons. The second-order valence-electron chi connectivity index (χ2n) is 4.85. The fraction of sp³-hybridized carbons (Fsp3) is 0.333. The van der Waals surface area contributed by atoms with Crippen LogP contribution in [-0.4, -0.2) is 35.2 Å². The maximum Gasteiger partial charge on any atom is 0.170 e. The lowest BCUT2D eigenvalue weighted by atomic mass is 10.2. The summed E-state index contributed by atoms with van der Waals surface area (Å²) in [5.41, 5.74) is 1.13. The van der Waals surface area contributed by atoms with Gasteiger partial charge >= 0.3 is 0 Å². The second kappa shape index (κ2) is 8.81. The maximum absolute atomic E-state index is 13.8. The Kier molecular flexibility index (Phi) is 6.76. The zero-order chi connectivity index (χ0) is 16.7. The number of nitrogens with zero attached hydrogens (tertiary/aromatic N) is 2. The summed E-state index contributed by atoms with van der Waals surface area (Å²) in [5, 5.41) is 11.2. The number of hydrogen-bond donors (Lipinski definition) is 2. The topological polar surface area (TPSA) is 51.1 Å². The standard InChI is InChI=1S/C15H18ClFN4OS/c1-22-7-3-6-18-15(23)20-11-8-19-21(9-11)10-12-13(16)4-2-5-14(12)17/h2,4-5,8-9H,3,6-7,10H2,1H3,(H2,18,20,23). The number of thiocarbonyl (C=S) groups is 1. The Morgan fingerprint density at radius 1 is 1.48 bits per heavy atom. The van der Waals surface area contributed by atoms with Gasteiger partial charge < -0.3 is 15.4 Å². The van der Waals surface area contributed by atoms with Gasteiger partial charge in [-0.3, -0.25) is 4.68 Å². The maximum atomic E-state index is 13.8. The fourth-order valence-electron chi connectivity index (χ4n) is 1.95. The molecule has 0 spiro atoms. The van der Waals surface area contributed by atoms with Crippen molar-refractivity contribution in [2.75, 3.05) is 25.6 Å². The van der Waals surface area contributed by atoms with Gasteiger partial charge in [-0.25, -0.2) is 4.39 Å². The van der Waals surface area contributed by atoms with Gasteiger partial charge in [-0.1, -0.05) is 17.7 Å². The molecule has 0 aliphatic carbocycles. The molecule has 0 fully saturated rings. The van der Waals surface area contributed by atoms with E-state index in [0.717, 1.165) is 18.7 Å². The minimum absolute atomic E-state index is 0.251. The number of hydrogen-bond acceptors (Lipinski definition) is 3. The third-order valence-electron chi connectivity index (χ3n) is 3.08. The van der Waals surface area contributed by atoms with Crippen LogP contribution < -0.4 is 10.6 Å². The largest absolute Gasteiger partial charge is 0.385 e. The molecule has 0 bridgehead atoms. The number of ether oxygens (including phenoxy) is 1. The minimum Gasteiger partial charge on any atom is -0.385 e. The van der Waals surface area contributed by atoms with Gasteiger partial charge in [0.1, 0.15) is 5.82 Å². The first-order valence-corrected chi connectivity index (χ1v) is 7.88. The number of rotatable bonds is 7. The molecule has 23 heavy (non-hydrogen) atoms. The molecule has 8 heteroatoms. The Morgan fingerprint density at radius 3 is 3.04 bits per heavy atom. The quantitative estimate of drug-likeness (QED) is 0.590. The lowest BCUT2D eigenvalue weighted by Gasteiger charge is -2.08. The predicted molar refractivity (Wildman–Crippen MR) is 93.5 cm³/mol. The van der Waals surface area contributed by atoms with Crippen LogP contribution in [0.25, 0.3) is 0 Å². The van der Waals surface area contributed by atoms with Crippen molar-refractivity contribution in [2.45, 2.75) is 13.0 Å². The summed E-state index contributed by atoms with van der Waals surface area (Å²) in [5.74, 6) is -0.349. The van der Waals surface area contributed by atoms with Crippen LogP contribution in [0.5, 0.6) is 0 Å². The van der Waals surface area contributed by atoms with E-state index in [1.165, 1.54) is 6.07 Å². The number of benzene rings is 1. The van der Waals surface area contributed by atoms with Crippen molar-refractivity contribution >= 4 is 34.6 Å². The zero-order valence-electron chi connectivity index (χ0n) is 12.7. The first-order chi connectivity index (χ1) is 11.1. The van der Waals surface area contributed by atoms with E-state index in [2.05, 4.69) is 15.7 Å². The molecule has 0 atom stereocenters. The molecule has 2 rings (SSSR count). The van der Waals surface area contributed by atoms with Crippen molar-refractivity contribution in [3.8, 4) is 0 Å². The molecule has 0 radical (unpaired) electrons. The van der Waals surface area contributed by atoms with Gasteiger partial charge in [0, 0.05) is 37.0 Å². The van der Waals surface area contributed by atoms with Gasteiger partial charge in [0.25, 0.3) is 0 Å². The molecule has 0 amide bonds. The number of methoxy groups -OCH3 is 1. The monoisotopic (exact) mass is 356 g/mol. The Labute approximate surface area is 144 Å². The SMILES string of the molecule is COCCCNC(=S)Nc1cnn(Cc2c(F)cccc2Cl)c1. The van der Waals surface area contributed by atoms with Crippen LogP contribution in [0.4, 0.5) is 10.1 Å². The highest BCUT2D eigenvalue weighted by molar-refractivity contribution is 7.80. The van der Waals surface area contributed by atoms with Gasteiger partial charge in [-0.2, -0.15) is 5.10 Å². The van der Waals surface area contributed by atoms with Crippen molar-refractivity contribution in [1.29, 1.82) is 0 Å². The molecule has 0 saturated heterocycles. The van der Waals surface area contributed by atoms with Gasteiger partial charge in [0.2, 0.25) is 0 Å². The summed E-state index contributed by atoms with van der Waals surface area (Å²) in [6.45, 7) is 1.65. The van der Waals surface area contributed by atoms with Crippen LogP contribution in [-0.2, 0) is 11.3 Å². The van der Waals surface area contributed by atoms with Crippen LogP contribution in [0.2, 0.25) is 5.02 Å². The summed E-state index contributed by atoms with van der Waals surface area (Å²) < 4.78 is 20.3. The van der Waals surface area contributed by atoms with Crippen molar-refractivity contribution < 1.29 is 9.13 Å². The van der Waals surface area contributed by atoms with Gasteiger partial charge in [0.05, 0.1) is 18.4 Å². The van der Waals surface area contributed by atoms with Crippen LogP contribution in [0.3, 0.4) is 0 Å². The zero-order valence-corrected chi connectivity index (χ0v) is 14.3. The van der Waals surface area contributed by atoms with Crippen molar-refractivity contribution in [1.82, 2.24) is 15.1 Å². The first kappa shape index (κ1) is 17.7. The molecule has 5 nitrogen and oxygen atoms in total. The average Bonchev–Trinajstić information content (AvgIpc) is 2.95. The molecule has 2 aromatic rings. The predicted octanol–water partition coefficient (Wildman–Crippen LogP) is 3.05. The van der Waals surface area contributed by atoms with Crippen molar-refractivity contribution in [3.05, 3.63) is 47.0 Å². The van der Waals surface area contributed by atoms with Crippen LogP contribution in [0.1, 0.15) is 12.0 Å². The highest BCUT2D eigenvalue weighted by Gasteiger charge is 2.09. The normalized spacial score (nSPS) is 10.6. The molecule has 1 heterocycles. The van der Waals surface area contributed by atoms with Crippen LogP contribution in [0.15, 0.2) is 30.6 Å². The molecule has 0 aliphatic heterocycles. The van der Waals surface area contributed by atoms with Crippen LogP contribution in [0, 0.1) is 5.82 Å². The highest BCUT2D eigenvalue weighted by Crippen LogP contribution is 2.20. The first-order valence-electron chi connectivity index (χ1n) is 7.09. The summed E-state index contributed by atoms with van der Waals surface area (Å²) in [4.78, 5) is 0. The molecule has 0 saturated carbocycles. The van der Waals surface area contributed by atoms with E-state index < -0.39 is 0 Å². The van der Waals surface area contributed by atoms with E-state index in [0.29, 0.717) is 22.3 Å². The van der Waals surface area contributed by atoms with E-state index in [1.807, 2.05) is 0 Å². The van der Waals surface area contributed by atoms with E-state index in [4.69, 9.17) is 28.6 Å². The summed E-state index contributed by atoms with van der Waals surface area (Å²) >= 11 is 11.2. The second-order valence-corrected chi connectivity index (χ2v) is 5.67. The Balaban J connectivity index is 1.89. The van der Waals surface area contributed by atoms with E-state index in [9.17, 15) is 4.39 Å². The molecular formula is C15H18ClFN4OS. The Bertz CT molecular complexity index is 644. The number of aromatic nitrogens is 2. The third-order valence-corrected chi connectivity index (χ3v) is 3.68. The van der Waals surface area contributed by atoms with Crippen LogP contribution >= 0.6 is 23.8 Å². The van der Waals surface area contributed by atoms with Gasteiger partial charge in [0.15, 0.2) is 5.11 Å². The Hall–Kier alpha value is -1.70. The summed E-state index contributed by atoms with van der Waals surface area (Å²) in [6.07, 6.45) is 4.23. The Morgan fingerprint density at radius 2 is 2.30 bits per heavy atom. The summed E-state index contributed by atoms with van der Waals surface area (Å²) in [7, 11) is 1.66. The third kappa shape index (κ3) is 5.46. The van der Waals surface area contributed by atoms with E-state index in [-0.39, 0.29) is 12.4 Å². The molecular weight excluding hydrogens is 339 g/mol. The number of anilines is 1. The van der Waals surface area contributed by atoms with Crippen molar-refractivity contribution in [2.24, 2.45) is 0 Å². The molecule has 1 aromatic heterocycles. The number of nitrogens with one attached hydrogen (secondary N) is 2. The summed E-state index contributed by atoms with van der Waals surface area (Å²) in [6, 6.07) is 4.61. The highest BCUT2D eigenvalue weighted by atomic mass is 35.5.